The zero-order chi connectivity index (χ0) is 14.5. The number of carbonyl (C=O) groups excluding carboxylic acids is 1. The summed E-state index contributed by atoms with van der Waals surface area (Å²) >= 11 is 0. The number of ether oxygens (including phenoxy) is 1. The number of alkyl halides is 3. The van der Waals surface area contributed by atoms with Gasteiger partial charge in [0.05, 0.1) is 19.1 Å². The monoisotopic (exact) mass is 284 g/mol. The molecule has 0 bridgehead atoms. The Morgan fingerprint density at radius 1 is 1.53 bits per heavy atom. The Balaban J connectivity index is 2.40. The summed E-state index contributed by atoms with van der Waals surface area (Å²) in [4.78, 5) is 23.6. The first-order valence-corrected chi connectivity index (χ1v) is 5.67. The molecule has 1 aliphatic heterocycles. The molecule has 0 radical (unpaired) electrons. The van der Waals surface area contributed by atoms with Crippen LogP contribution >= 0.6 is 0 Å². The summed E-state index contributed by atoms with van der Waals surface area (Å²) in [5.41, 5.74) is 0. The van der Waals surface area contributed by atoms with Crippen molar-refractivity contribution in [2.75, 3.05) is 32.8 Å². The first-order valence-electron chi connectivity index (χ1n) is 5.67. The van der Waals surface area contributed by atoms with Crippen LogP contribution in [0.25, 0.3) is 0 Å². The van der Waals surface area contributed by atoms with Crippen LogP contribution in [-0.2, 0) is 14.3 Å². The van der Waals surface area contributed by atoms with Gasteiger partial charge in [-0.15, -0.1) is 0 Å². The van der Waals surface area contributed by atoms with E-state index in [-0.39, 0.29) is 19.6 Å². The van der Waals surface area contributed by atoms with Crippen molar-refractivity contribution in [3.8, 4) is 0 Å². The van der Waals surface area contributed by atoms with Gasteiger partial charge in [-0.3, -0.25) is 14.5 Å². The second-order valence-electron chi connectivity index (χ2n) is 4.11. The number of carbonyl (C=O) groups is 2. The molecule has 110 valence electrons. The maximum absolute atomic E-state index is 11.9. The molecule has 0 spiro atoms. The standard InChI is InChI=1S/C10H15F3N2O4/c11-10(12,13)6-19-4-3-15-2-1-14-9(18)7(15)5-8(16)17/h7H,1-6H2,(H,14,18)(H,16,17). The van der Waals surface area contributed by atoms with Gasteiger partial charge in [0.2, 0.25) is 5.91 Å². The van der Waals surface area contributed by atoms with Gasteiger partial charge in [-0.1, -0.05) is 0 Å². The van der Waals surface area contributed by atoms with Gasteiger partial charge in [-0.25, -0.2) is 0 Å². The van der Waals surface area contributed by atoms with Crippen molar-refractivity contribution in [3.05, 3.63) is 0 Å². The molecule has 0 aromatic rings. The van der Waals surface area contributed by atoms with Crippen LogP contribution in [-0.4, -0.2) is 66.9 Å². The van der Waals surface area contributed by atoms with Crippen LogP contribution in [0.5, 0.6) is 0 Å². The zero-order valence-electron chi connectivity index (χ0n) is 10.1. The Bertz CT molecular complexity index is 335. The highest BCUT2D eigenvalue weighted by molar-refractivity contribution is 5.86. The highest BCUT2D eigenvalue weighted by Gasteiger charge is 2.32. The van der Waals surface area contributed by atoms with Crippen molar-refractivity contribution in [2.45, 2.75) is 18.6 Å². The molecule has 1 saturated heterocycles. The van der Waals surface area contributed by atoms with E-state index in [9.17, 15) is 22.8 Å². The van der Waals surface area contributed by atoms with E-state index in [0.717, 1.165) is 0 Å². The van der Waals surface area contributed by atoms with Gasteiger partial charge in [0.1, 0.15) is 6.61 Å². The summed E-state index contributed by atoms with van der Waals surface area (Å²) < 4.78 is 40.0. The predicted molar refractivity (Wildman–Crippen MR) is 57.5 cm³/mol. The Labute approximate surface area is 107 Å². The fraction of sp³-hybridized carbons (Fsp3) is 0.800. The van der Waals surface area contributed by atoms with E-state index in [2.05, 4.69) is 10.1 Å². The number of carboxylic acid groups (broad SMARTS) is 1. The quantitative estimate of drug-likeness (QED) is 0.663. The van der Waals surface area contributed by atoms with Gasteiger partial charge in [-0.2, -0.15) is 13.2 Å². The third-order valence-corrected chi connectivity index (χ3v) is 2.60. The second-order valence-corrected chi connectivity index (χ2v) is 4.11. The minimum Gasteiger partial charge on any atom is -0.481 e. The van der Waals surface area contributed by atoms with Crippen LogP contribution in [0.4, 0.5) is 13.2 Å². The molecule has 0 aromatic carbocycles. The van der Waals surface area contributed by atoms with Crippen molar-refractivity contribution in [2.24, 2.45) is 0 Å². The SMILES string of the molecule is O=C(O)CC1C(=O)NCCN1CCOCC(F)(F)F. The van der Waals surface area contributed by atoms with Crippen molar-refractivity contribution < 1.29 is 32.6 Å². The molecule has 1 aliphatic rings. The van der Waals surface area contributed by atoms with Crippen molar-refractivity contribution in [1.82, 2.24) is 10.2 Å². The number of nitrogens with zero attached hydrogens (tertiary/aromatic N) is 1. The molecular weight excluding hydrogens is 269 g/mol. The molecule has 0 saturated carbocycles. The molecule has 6 nitrogen and oxygen atoms in total. The molecule has 9 heteroatoms. The maximum atomic E-state index is 11.9. The summed E-state index contributed by atoms with van der Waals surface area (Å²) in [7, 11) is 0. The third-order valence-electron chi connectivity index (χ3n) is 2.60. The Morgan fingerprint density at radius 2 is 2.21 bits per heavy atom. The zero-order valence-corrected chi connectivity index (χ0v) is 10.1. The summed E-state index contributed by atoms with van der Waals surface area (Å²) in [5, 5.41) is 11.2. The Morgan fingerprint density at radius 3 is 2.79 bits per heavy atom. The summed E-state index contributed by atoms with van der Waals surface area (Å²) in [5.74, 6) is -1.56. The fourth-order valence-electron chi connectivity index (χ4n) is 1.79. The Kier molecular flexibility index (Phi) is 5.55. The van der Waals surface area contributed by atoms with Crippen LogP contribution in [0.2, 0.25) is 0 Å². The fourth-order valence-corrected chi connectivity index (χ4v) is 1.79. The average Bonchev–Trinajstić information content (AvgIpc) is 2.27. The molecule has 1 heterocycles. The lowest BCUT2D eigenvalue weighted by atomic mass is 10.1. The summed E-state index contributed by atoms with van der Waals surface area (Å²) in [6.07, 6.45) is -4.77. The van der Waals surface area contributed by atoms with Gasteiger partial charge in [0.25, 0.3) is 0 Å². The molecule has 1 fully saturated rings. The lowest BCUT2D eigenvalue weighted by Crippen LogP contribution is -2.56. The largest absolute Gasteiger partial charge is 0.481 e. The number of carboxylic acids is 1. The highest BCUT2D eigenvalue weighted by Crippen LogP contribution is 2.14. The Hall–Kier alpha value is -1.35. The molecular formula is C10H15F3N2O4. The van der Waals surface area contributed by atoms with Gasteiger partial charge in [-0.05, 0) is 0 Å². The van der Waals surface area contributed by atoms with E-state index in [1.54, 1.807) is 0 Å². The van der Waals surface area contributed by atoms with Crippen LogP contribution < -0.4 is 5.32 Å². The van der Waals surface area contributed by atoms with E-state index >= 15 is 0 Å². The molecule has 2 N–H and O–H groups in total. The molecule has 0 aliphatic carbocycles. The van der Waals surface area contributed by atoms with E-state index in [0.29, 0.717) is 13.1 Å². The molecule has 1 amide bonds. The highest BCUT2D eigenvalue weighted by atomic mass is 19.4. The van der Waals surface area contributed by atoms with E-state index in [1.165, 1.54) is 4.90 Å². The third kappa shape index (κ3) is 5.88. The van der Waals surface area contributed by atoms with E-state index in [4.69, 9.17) is 5.11 Å². The number of halogens is 3. The number of nitrogens with one attached hydrogen (secondary N) is 1. The van der Waals surface area contributed by atoms with Crippen LogP contribution in [0.1, 0.15) is 6.42 Å². The molecule has 0 aromatic heterocycles. The molecule has 19 heavy (non-hydrogen) atoms. The summed E-state index contributed by atoms with van der Waals surface area (Å²) in [6.45, 7) is -0.742. The van der Waals surface area contributed by atoms with Crippen molar-refractivity contribution in [3.63, 3.8) is 0 Å². The second kappa shape index (κ2) is 6.71. The van der Waals surface area contributed by atoms with Gasteiger partial charge in [0, 0.05) is 19.6 Å². The smallest absolute Gasteiger partial charge is 0.411 e. The first kappa shape index (κ1) is 15.7. The van der Waals surface area contributed by atoms with Gasteiger partial charge >= 0.3 is 12.1 Å². The maximum Gasteiger partial charge on any atom is 0.411 e. The predicted octanol–water partition coefficient (Wildman–Crippen LogP) is -0.160. The first-order chi connectivity index (χ1) is 8.79. The van der Waals surface area contributed by atoms with Crippen molar-refractivity contribution in [1.29, 1.82) is 0 Å². The number of hydrogen-bond donors (Lipinski definition) is 2. The molecule has 1 unspecified atom stereocenters. The normalized spacial score (nSPS) is 21.2. The molecule has 1 rings (SSSR count). The van der Waals surface area contributed by atoms with Crippen molar-refractivity contribution >= 4 is 11.9 Å². The van der Waals surface area contributed by atoms with Crippen LogP contribution in [0.3, 0.4) is 0 Å². The van der Waals surface area contributed by atoms with Gasteiger partial charge < -0.3 is 15.2 Å². The lowest BCUT2D eigenvalue weighted by molar-refractivity contribution is -0.175. The van der Waals surface area contributed by atoms with Crippen LogP contribution in [0, 0.1) is 0 Å². The average molecular weight is 284 g/mol. The van der Waals surface area contributed by atoms with Crippen LogP contribution in [0.15, 0.2) is 0 Å². The minimum absolute atomic E-state index is 0.0848. The number of hydrogen-bond acceptors (Lipinski definition) is 4. The number of piperazine rings is 1. The minimum atomic E-state index is -4.39. The molecule has 1 atom stereocenters. The summed E-state index contributed by atoms with van der Waals surface area (Å²) in [6, 6.07) is -0.860. The number of amides is 1. The van der Waals surface area contributed by atoms with Gasteiger partial charge in [0.15, 0.2) is 0 Å². The van der Waals surface area contributed by atoms with E-state index in [1.807, 2.05) is 0 Å². The number of rotatable bonds is 6. The lowest BCUT2D eigenvalue weighted by Gasteiger charge is -2.34. The number of aliphatic carboxylic acids is 1. The van der Waals surface area contributed by atoms with E-state index < -0.39 is 30.7 Å². The topological polar surface area (TPSA) is 78.9 Å².